The Balaban J connectivity index is 1.83. The van der Waals surface area contributed by atoms with Gasteiger partial charge in [0.05, 0.1) is 6.04 Å². The maximum Gasteiger partial charge on any atom is 0.0591 e. The molecule has 100 valence electrons. The molecule has 3 atom stereocenters. The summed E-state index contributed by atoms with van der Waals surface area (Å²) < 4.78 is 0. The monoisotopic (exact) mass is 262 g/mol. The molecule has 0 radical (unpaired) electrons. The number of hydrogen-bond acceptors (Lipinski definition) is 2. The van der Waals surface area contributed by atoms with Gasteiger partial charge in [-0.05, 0) is 30.7 Å². The number of allylic oxidation sites excluding steroid dienone is 6. The van der Waals surface area contributed by atoms with Crippen molar-refractivity contribution in [2.45, 2.75) is 12.5 Å². The second-order valence-corrected chi connectivity index (χ2v) is 5.69. The van der Waals surface area contributed by atoms with Crippen molar-refractivity contribution in [1.29, 1.82) is 0 Å². The molecule has 2 heteroatoms. The van der Waals surface area contributed by atoms with E-state index < -0.39 is 0 Å². The average Bonchev–Trinajstić information content (AvgIpc) is 2.82. The number of rotatable bonds is 1. The highest BCUT2D eigenvalue weighted by molar-refractivity contribution is 5.60. The predicted molar refractivity (Wildman–Crippen MR) is 82.9 cm³/mol. The lowest BCUT2D eigenvalue weighted by Gasteiger charge is -2.28. The maximum absolute atomic E-state index is 6.05. The van der Waals surface area contributed by atoms with Gasteiger partial charge in [-0.3, -0.25) is 0 Å². The first kappa shape index (κ1) is 11.6. The molecule has 1 saturated heterocycles. The number of nitrogens with zero attached hydrogens (tertiary/aromatic N) is 1. The van der Waals surface area contributed by atoms with E-state index in [4.69, 9.17) is 5.73 Å². The van der Waals surface area contributed by atoms with Crippen LogP contribution in [0.1, 0.15) is 6.42 Å². The van der Waals surface area contributed by atoms with Crippen molar-refractivity contribution < 1.29 is 0 Å². The molecule has 1 fully saturated rings. The summed E-state index contributed by atoms with van der Waals surface area (Å²) in [5, 5.41) is 0. The highest BCUT2D eigenvalue weighted by Crippen LogP contribution is 2.47. The van der Waals surface area contributed by atoms with Gasteiger partial charge in [0.2, 0.25) is 0 Å². The first-order valence-electron chi connectivity index (χ1n) is 7.20. The topological polar surface area (TPSA) is 29.3 Å². The summed E-state index contributed by atoms with van der Waals surface area (Å²) in [6, 6.07) is 11.1. The third kappa shape index (κ3) is 1.64. The van der Waals surface area contributed by atoms with Crippen LogP contribution in [0.15, 0.2) is 78.2 Å². The summed E-state index contributed by atoms with van der Waals surface area (Å²) in [5.41, 5.74) is 9.72. The van der Waals surface area contributed by atoms with Crippen LogP contribution in [-0.2, 0) is 0 Å². The number of para-hydroxylation sites is 1. The van der Waals surface area contributed by atoms with Gasteiger partial charge in [-0.1, -0.05) is 42.5 Å². The fourth-order valence-corrected chi connectivity index (χ4v) is 3.66. The predicted octanol–water partition coefficient (Wildman–Crippen LogP) is 3.36. The van der Waals surface area contributed by atoms with Crippen LogP contribution in [-0.4, -0.2) is 6.04 Å². The zero-order valence-electron chi connectivity index (χ0n) is 11.3. The van der Waals surface area contributed by atoms with Gasteiger partial charge in [0.25, 0.3) is 0 Å². The lowest BCUT2D eigenvalue weighted by Crippen LogP contribution is -2.30. The minimum atomic E-state index is 0.415. The van der Waals surface area contributed by atoms with Crippen molar-refractivity contribution in [3.05, 3.63) is 78.2 Å². The average molecular weight is 262 g/mol. The smallest absolute Gasteiger partial charge is 0.0591 e. The van der Waals surface area contributed by atoms with Crippen LogP contribution >= 0.6 is 0 Å². The molecule has 2 nitrogen and oxygen atoms in total. The quantitative estimate of drug-likeness (QED) is 0.841. The van der Waals surface area contributed by atoms with E-state index >= 15 is 0 Å². The molecule has 1 heterocycles. The Hall–Kier alpha value is -2.22. The summed E-state index contributed by atoms with van der Waals surface area (Å²) in [5.74, 6) is 1.03. The molecular formula is C18H18N2. The summed E-state index contributed by atoms with van der Waals surface area (Å²) in [6.45, 7) is 0. The number of fused-ring (bicyclic) bond motifs is 3. The van der Waals surface area contributed by atoms with Gasteiger partial charge in [0.15, 0.2) is 0 Å². The Bertz CT molecular complexity index is 637. The molecule has 2 N–H and O–H groups in total. The van der Waals surface area contributed by atoms with Gasteiger partial charge in [-0.25, -0.2) is 0 Å². The molecule has 20 heavy (non-hydrogen) atoms. The third-order valence-electron chi connectivity index (χ3n) is 4.53. The van der Waals surface area contributed by atoms with E-state index in [0.29, 0.717) is 17.9 Å². The molecular weight excluding hydrogens is 244 g/mol. The van der Waals surface area contributed by atoms with Crippen LogP contribution in [0.2, 0.25) is 0 Å². The zero-order chi connectivity index (χ0) is 13.5. The summed E-state index contributed by atoms with van der Waals surface area (Å²) >= 11 is 0. The van der Waals surface area contributed by atoms with Gasteiger partial charge in [-0.15, -0.1) is 0 Å². The van der Waals surface area contributed by atoms with Crippen molar-refractivity contribution in [3.63, 3.8) is 0 Å². The Labute approximate surface area is 119 Å². The van der Waals surface area contributed by atoms with E-state index in [1.807, 2.05) is 0 Å². The molecule has 3 unspecified atom stereocenters. The van der Waals surface area contributed by atoms with Gasteiger partial charge < -0.3 is 10.6 Å². The molecule has 1 aromatic carbocycles. The number of benzene rings is 1. The van der Waals surface area contributed by atoms with Crippen molar-refractivity contribution >= 4 is 5.69 Å². The summed E-state index contributed by atoms with van der Waals surface area (Å²) in [7, 11) is 0. The molecule has 0 aromatic heterocycles. The Morgan fingerprint density at radius 3 is 2.65 bits per heavy atom. The fraction of sp³-hybridized carbons (Fsp3) is 0.222. The first-order valence-corrected chi connectivity index (χ1v) is 7.20. The van der Waals surface area contributed by atoms with Gasteiger partial charge in [0.1, 0.15) is 0 Å². The first-order chi connectivity index (χ1) is 9.84. The molecule has 0 spiro atoms. The largest absolute Gasteiger partial charge is 0.402 e. The molecule has 2 aliphatic carbocycles. The van der Waals surface area contributed by atoms with Crippen LogP contribution in [0.4, 0.5) is 5.69 Å². The number of nitrogens with two attached hydrogens (primary N) is 1. The number of hydrogen-bond donors (Lipinski definition) is 1. The lowest BCUT2D eigenvalue weighted by molar-refractivity contribution is 0.481. The van der Waals surface area contributed by atoms with Gasteiger partial charge in [0, 0.05) is 28.9 Å². The van der Waals surface area contributed by atoms with E-state index in [9.17, 15) is 0 Å². The van der Waals surface area contributed by atoms with Crippen LogP contribution in [0.3, 0.4) is 0 Å². The Kier molecular flexibility index (Phi) is 2.56. The van der Waals surface area contributed by atoms with E-state index in [1.54, 1.807) is 0 Å². The summed E-state index contributed by atoms with van der Waals surface area (Å²) in [6.07, 6.45) is 14.2. The van der Waals surface area contributed by atoms with Gasteiger partial charge in [-0.2, -0.15) is 0 Å². The molecule has 0 amide bonds. The minimum Gasteiger partial charge on any atom is -0.402 e. The van der Waals surface area contributed by atoms with Crippen molar-refractivity contribution in [3.8, 4) is 0 Å². The molecule has 1 aliphatic heterocycles. The molecule has 1 aromatic rings. The standard InChI is InChI=1S/C18H18N2/c19-13-10-11-18-16(12-13)15-8-4-5-9-17(15)20(18)14-6-2-1-3-7-14/h1-11,15-17H,12,19H2. The van der Waals surface area contributed by atoms with Crippen molar-refractivity contribution in [1.82, 2.24) is 0 Å². The lowest BCUT2D eigenvalue weighted by atomic mass is 9.82. The minimum absolute atomic E-state index is 0.415. The van der Waals surface area contributed by atoms with E-state index in [0.717, 1.165) is 12.1 Å². The van der Waals surface area contributed by atoms with Crippen LogP contribution in [0.25, 0.3) is 0 Å². The highest BCUT2D eigenvalue weighted by atomic mass is 15.2. The normalized spacial score (nSPS) is 30.6. The van der Waals surface area contributed by atoms with Crippen LogP contribution in [0, 0.1) is 11.8 Å². The molecule has 0 bridgehead atoms. The second kappa shape index (κ2) is 4.41. The van der Waals surface area contributed by atoms with E-state index in [-0.39, 0.29) is 0 Å². The number of anilines is 1. The Morgan fingerprint density at radius 2 is 1.80 bits per heavy atom. The Morgan fingerprint density at radius 1 is 1.00 bits per heavy atom. The van der Waals surface area contributed by atoms with E-state index in [1.165, 1.54) is 11.4 Å². The maximum atomic E-state index is 6.05. The fourth-order valence-electron chi connectivity index (χ4n) is 3.66. The summed E-state index contributed by atoms with van der Waals surface area (Å²) in [4.78, 5) is 2.47. The second-order valence-electron chi connectivity index (χ2n) is 5.69. The van der Waals surface area contributed by atoms with Crippen LogP contribution in [0.5, 0.6) is 0 Å². The molecule has 3 aliphatic rings. The van der Waals surface area contributed by atoms with Gasteiger partial charge >= 0.3 is 0 Å². The molecule has 0 saturated carbocycles. The molecule has 4 rings (SSSR count). The van der Waals surface area contributed by atoms with E-state index in [2.05, 4.69) is 71.7 Å². The third-order valence-corrected chi connectivity index (χ3v) is 4.53. The SMILES string of the molecule is NC1=CC=C2C(C1)C1C=CC=CC1N2c1ccccc1. The van der Waals surface area contributed by atoms with Crippen LogP contribution < -0.4 is 10.6 Å². The highest BCUT2D eigenvalue weighted by Gasteiger charge is 2.44. The van der Waals surface area contributed by atoms with Crippen molar-refractivity contribution in [2.24, 2.45) is 17.6 Å². The zero-order valence-corrected chi connectivity index (χ0v) is 11.3. The van der Waals surface area contributed by atoms with Crippen molar-refractivity contribution in [2.75, 3.05) is 4.90 Å².